The maximum atomic E-state index is 12.0. The molecule has 4 saturated carbocycles. The molecule has 0 aromatic heterocycles. The van der Waals surface area contributed by atoms with E-state index in [1.807, 2.05) is 12.1 Å². The zero-order chi connectivity index (χ0) is 25.5. The molecule has 196 valence electrons. The van der Waals surface area contributed by atoms with E-state index >= 15 is 0 Å². The number of rotatable bonds is 2. The van der Waals surface area contributed by atoms with E-state index in [2.05, 4.69) is 45.9 Å². The molecule has 0 spiro atoms. The SMILES string of the molecule is COC(=O)c1ccc(C2=CCC3(C)C(CCC4(C)C5CCC6(O)CCCC6C5CCC43)C2(C)C)cc1. The number of methoxy groups -OCH3 is 1. The van der Waals surface area contributed by atoms with E-state index in [0.717, 1.165) is 37.0 Å². The van der Waals surface area contributed by atoms with Gasteiger partial charge >= 0.3 is 5.97 Å². The molecule has 0 radical (unpaired) electrons. The van der Waals surface area contributed by atoms with E-state index in [0.29, 0.717) is 28.2 Å². The van der Waals surface area contributed by atoms with Crippen molar-refractivity contribution < 1.29 is 14.6 Å². The lowest BCUT2D eigenvalue weighted by Gasteiger charge is -2.68. The number of aliphatic hydroxyl groups is 1. The molecule has 6 rings (SSSR count). The number of esters is 1. The molecule has 0 saturated heterocycles. The van der Waals surface area contributed by atoms with E-state index in [4.69, 9.17) is 4.74 Å². The van der Waals surface area contributed by atoms with Crippen molar-refractivity contribution in [3.05, 3.63) is 41.5 Å². The van der Waals surface area contributed by atoms with Crippen LogP contribution in [-0.2, 0) is 4.74 Å². The number of hydrogen-bond acceptors (Lipinski definition) is 3. The Morgan fingerprint density at radius 1 is 0.861 bits per heavy atom. The first-order valence-corrected chi connectivity index (χ1v) is 14.7. The molecule has 4 fully saturated rings. The van der Waals surface area contributed by atoms with Crippen molar-refractivity contribution in [2.45, 2.75) is 97.5 Å². The number of fused-ring (bicyclic) bond motifs is 7. The van der Waals surface area contributed by atoms with Crippen LogP contribution < -0.4 is 0 Å². The maximum Gasteiger partial charge on any atom is 0.337 e. The lowest BCUT2D eigenvalue weighted by molar-refractivity contribution is -0.189. The van der Waals surface area contributed by atoms with Crippen molar-refractivity contribution in [1.82, 2.24) is 0 Å². The van der Waals surface area contributed by atoms with Gasteiger partial charge in [-0.05, 0) is 127 Å². The lowest BCUT2D eigenvalue weighted by Crippen LogP contribution is -2.61. The van der Waals surface area contributed by atoms with Crippen molar-refractivity contribution >= 4 is 11.5 Å². The van der Waals surface area contributed by atoms with Crippen molar-refractivity contribution in [2.75, 3.05) is 7.11 Å². The van der Waals surface area contributed by atoms with Gasteiger partial charge in [-0.15, -0.1) is 0 Å². The fourth-order valence-electron chi connectivity index (χ4n) is 11.2. The number of ether oxygens (including phenoxy) is 1. The quantitative estimate of drug-likeness (QED) is 0.433. The molecular formula is C33H46O3. The predicted octanol–water partition coefficient (Wildman–Crippen LogP) is 7.68. The van der Waals surface area contributed by atoms with Crippen LogP contribution in [-0.4, -0.2) is 23.8 Å². The molecule has 8 unspecified atom stereocenters. The third kappa shape index (κ3) is 3.30. The van der Waals surface area contributed by atoms with Gasteiger partial charge in [-0.25, -0.2) is 4.79 Å². The maximum absolute atomic E-state index is 12.0. The van der Waals surface area contributed by atoms with Crippen molar-refractivity contribution in [3.63, 3.8) is 0 Å². The van der Waals surface area contributed by atoms with Crippen LogP contribution in [0.3, 0.4) is 0 Å². The molecule has 3 heteroatoms. The van der Waals surface area contributed by atoms with Gasteiger partial charge < -0.3 is 9.84 Å². The second-order valence-electron chi connectivity index (χ2n) is 14.3. The first-order chi connectivity index (χ1) is 17.0. The average molecular weight is 491 g/mol. The summed E-state index contributed by atoms with van der Waals surface area (Å²) in [6, 6.07) is 8.06. The van der Waals surface area contributed by atoms with E-state index in [-0.39, 0.29) is 17.0 Å². The van der Waals surface area contributed by atoms with Crippen LogP contribution in [0.25, 0.3) is 5.57 Å². The number of hydrogen-bond donors (Lipinski definition) is 1. The predicted molar refractivity (Wildman–Crippen MR) is 144 cm³/mol. The van der Waals surface area contributed by atoms with E-state index in [1.54, 1.807) is 0 Å². The summed E-state index contributed by atoms with van der Waals surface area (Å²) in [6.07, 6.45) is 14.8. The number of allylic oxidation sites excluding steroid dienone is 2. The molecular weight excluding hydrogens is 444 g/mol. The van der Waals surface area contributed by atoms with Crippen LogP contribution in [0.4, 0.5) is 0 Å². The Morgan fingerprint density at radius 2 is 1.61 bits per heavy atom. The molecule has 3 nitrogen and oxygen atoms in total. The van der Waals surface area contributed by atoms with Crippen molar-refractivity contribution in [3.8, 4) is 0 Å². The van der Waals surface area contributed by atoms with Crippen molar-refractivity contribution in [1.29, 1.82) is 0 Å². The first kappa shape index (κ1) is 24.7. The Labute approximate surface area is 218 Å². The van der Waals surface area contributed by atoms with Gasteiger partial charge in [0, 0.05) is 0 Å². The molecule has 0 heterocycles. The zero-order valence-corrected chi connectivity index (χ0v) is 23.1. The molecule has 0 bridgehead atoms. The van der Waals surface area contributed by atoms with Gasteiger partial charge in [0.25, 0.3) is 0 Å². The Bertz CT molecular complexity index is 1070. The molecule has 0 amide bonds. The third-order valence-electron chi connectivity index (χ3n) is 12.7. The molecule has 1 N–H and O–H groups in total. The Kier molecular flexibility index (Phi) is 5.62. The normalized spacial score (nSPS) is 44.9. The highest BCUT2D eigenvalue weighted by Crippen LogP contribution is 2.72. The van der Waals surface area contributed by atoms with E-state index in [9.17, 15) is 9.90 Å². The van der Waals surface area contributed by atoms with Gasteiger partial charge in [0.1, 0.15) is 0 Å². The van der Waals surface area contributed by atoms with Gasteiger partial charge in [0.15, 0.2) is 0 Å². The minimum atomic E-state index is -0.348. The van der Waals surface area contributed by atoms with Crippen LogP contribution in [0.2, 0.25) is 0 Å². The van der Waals surface area contributed by atoms with Crippen LogP contribution in [0.15, 0.2) is 30.3 Å². The Morgan fingerprint density at radius 3 is 2.33 bits per heavy atom. The third-order valence-corrected chi connectivity index (χ3v) is 12.7. The minimum Gasteiger partial charge on any atom is -0.465 e. The fourth-order valence-corrected chi connectivity index (χ4v) is 11.2. The summed E-state index contributed by atoms with van der Waals surface area (Å²) in [5.41, 5.74) is 3.79. The minimum absolute atomic E-state index is 0.0935. The van der Waals surface area contributed by atoms with Crippen LogP contribution in [0.1, 0.15) is 108 Å². The van der Waals surface area contributed by atoms with Gasteiger partial charge in [-0.2, -0.15) is 0 Å². The first-order valence-electron chi connectivity index (χ1n) is 14.7. The van der Waals surface area contributed by atoms with Crippen molar-refractivity contribution in [2.24, 2.45) is 45.8 Å². The Balaban J connectivity index is 1.31. The highest BCUT2D eigenvalue weighted by Gasteiger charge is 2.65. The van der Waals surface area contributed by atoms with Gasteiger partial charge in [-0.1, -0.05) is 52.3 Å². The molecule has 1 aromatic carbocycles. The molecule has 0 aliphatic heterocycles. The molecule has 8 atom stereocenters. The van der Waals surface area contributed by atoms with Crippen LogP contribution in [0.5, 0.6) is 0 Å². The average Bonchev–Trinajstić information content (AvgIpc) is 3.25. The van der Waals surface area contributed by atoms with Crippen LogP contribution in [0, 0.1) is 45.8 Å². The summed E-state index contributed by atoms with van der Waals surface area (Å²) in [4.78, 5) is 12.0. The van der Waals surface area contributed by atoms with E-state index < -0.39 is 0 Å². The van der Waals surface area contributed by atoms with Gasteiger partial charge in [0.2, 0.25) is 0 Å². The monoisotopic (exact) mass is 490 g/mol. The summed E-state index contributed by atoms with van der Waals surface area (Å²) >= 11 is 0. The molecule has 1 aromatic rings. The highest BCUT2D eigenvalue weighted by atomic mass is 16.5. The smallest absolute Gasteiger partial charge is 0.337 e. The number of carbonyl (C=O) groups is 1. The fraction of sp³-hybridized carbons (Fsp3) is 0.727. The summed E-state index contributed by atoms with van der Waals surface area (Å²) in [5, 5.41) is 11.4. The number of benzene rings is 1. The molecule has 5 aliphatic carbocycles. The zero-order valence-electron chi connectivity index (χ0n) is 23.1. The second kappa shape index (κ2) is 8.19. The largest absolute Gasteiger partial charge is 0.465 e. The standard InChI is InChI=1S/C33H46O3/c1-30(2)24(21-8-10-22(11-9-21)29(34)36-5)14-18-32(4)27(30)16-19-31(3)25-15-20-33(35)17-6-7-26(33)23(25)12-13-28(31)32/h8-11,14,23,25-28,35H,6-7,12-13,15-20H2,1-5H3. The summed E-state index contributed by atoms with van der Waals surface area (Å²) in [6.45, 7) is 10.2. The summed E-state index contributed by atoms with van der Waals surface area (Å²) in [7, 11) is 1.44. The Hall–Kier alpha value is -1.61. The topological polar surface area (TPSA) is 46.5 Å². The highest BCUT2D eigenvalue weighted by molar-refractivity contribution is 5.89. The second-order valence-corrected chi connectivity index (χ2v) is 14.3. The van der Waals surface area contributed by atoms with Gasteiger partial charge in [0.05, 0.1) is 18.3 Å². The number of carbonyl (C=O) groups excluding carboxylic acids is 1. The molecule has 5 aliphatic rings. The van der Waals surface area contributed by atoms with Crippen LogP contribution >= 0.6 is 0 Å². The summed E-state index contributed by atoms with van der Waals surface area (Å²) < 4.78 is 4.91. The molecule has 36 heavy (non-hydrogen) atoms. The van der Waals surface area contributed by atoms with Gasteiger partial charge in [-0.3, -0.25) is 0 Å². The lowest BCUT2D eigenvalue weighted by atomic mass is 9.37. The summed E-state index contributed by atoms with van der Waals surface area (Å²) in [5.74, 6) is 3.23. The van der Waals surface area contributed by atoms with E-state index in [1.165, 1.54) is 63.2 Å².